The number of nitrogens with two attached hydrogens (primary N) is 2. The van der Waals surface area contributed by atoms with E-state index in [1.165, 1.54) is 0 Å². The highest BCUT2D eigenvalue weighted by Gasteiger charge is 1.99. The van der Waals surface area contributed by atoms with Crippen LogP contribution < -0.4 is 11.5 Å². The van der Waals surface area contributed by atoms with Crippen molar-refractivity contribution in [2.24, 2.45) is 11.5 Å². The standard InChI is InChI=1S/C7H16N2O3/c8-6(5-10)3-1-2-4-12-7(9)11/h6,10H,1-5,8H2,(H2,9,11)/t6-/m0/s1. The fraction of sp³-hybridized carbons (Fsp3) is 0.857. The van der Waals surface area contributed by atoms with Gasteiger partial charge in [-0.2, -0.15) is 0 Å². The molecule has 1 amide bonds. The van der Waals surface area contributed by atoms with Gasteiger partial charge in [-0.05, 0) is 19.3 Å². The molecule has 0 aromatic carbocycles. The first-order chi connectivity index (χ1) is 5.66. The highest BCUT2D eigenvalue weighted by molar-refractivity contribution is 5.64. The molecule has 0 aliphatic heterocycles. The predicted molar refractivity (Wildman–Crippen MR) is 44.4 cm³/mol. The lowest BCUT2D eigenvalue weighted by molar-refractivity contribution is 0.153. The Bertz CT molecular complexity index is 130. The maximum absolute atomic E-state index is 10.1. The first-order valence-electron chi connectivity index (χ1n) is 3.95. The molecule has 5 nitrogen and oxygen atoms in total. The summed E-state index contributed by atoms with van der Waals surface area (Å²) < 4.78 is 4.49. The quantitative estimate of drug-likeness (QED) is 0.478. The number of aliphatic hydroxyl groups excluding tert-OH is 1. The number of aliphatic hydroxyl groups is 1. The normalized spacial score (nSPS) is 12.5. The molecule has 5 heteroatoms. The summed E-state index contributed by atoms with van der Waals surface area (Å²) in [7, 11) is 0. The van der Waals surface area contributed by atoms with Crippen LogP contribution in [0.4, 0.5) is 4.79 Å². The molecule has 72 valence electrons. The molecule has 0 saturated heterocycles. The lowest BCUT2D eigenvalue weighted by Crippen LogP contribution is -2.24. The number of carbonyl (C=O) groups excluding carboxylic acids is 1. The first-order valence-corrected chi connectivity index (χ1v) is 3.95. The molecule has 0 spiro atoms. The molecule has 1 atom stereocenters. The average molecular weight is 176 g/mol. The van der Waals surface area contributed by atoms with Crippen molar-refractivity contribution >= 4 is 6.09 Å². The van der Waals surface area contributed by atoms with Gasteiger partial charge in [0.1, 0.15) is 0 Å². The Morgan fingerprint density at radius 2 is 2.17 bits per heavy atom. The Morgan fingerprint density at radius 3 is 2.67 bits per heavy atom. The van der Waals surface area contributed by atoms with Crippen molar-refractivity contribution in [2.45, 2.75) is 25.3 Å². The highest BCUT2D eigenvalue weighted by atomic mass is 16.5. The molecule has 0 fully saturated rings. The van der Waals surface area contributed by atoms with Crippen LogP contribution in [-0.4, -0.2) is 30.5 Å². The molecule has 0 aromatic heterocycles. The van der Waals surface area contributed by atoms with Gasteiger partial charge in [0.05, 0.1) is 13.2 Å². The minimum Gasteiger partial charge on any atom is -0.450 e. The molecule has 5 N–H and O–H groups in total. The van der Waals surface area contributed by atoms with Crippen LogP contribution in [0.2, 0.25) is 0 Å². The maximum Gasteiger partial charge on any atom is 0.404 e. The number of rotatable bonds is 6. The Labute approximate surface area is 71.7 Å². The van der Waals surface area contributed by atoms with Crippen molar-refractivity contribution in [2.75, 3.05) is 13.2 Å². The molecular weight excluding hydrogens is 160 g/mol. The zero-order valence-corrected chi connectivity index (χ0v) is 7.03. The van der Waals surface area contributed by atoms with Crippen LogP contribution in [-0.2, 0) is 4.74 Å². The number of primary amides is 1. The summed E-state index contributed by atoms with van der Waals surface area (Å²) in [5.41, 5.74) is 10.2. The van der Waals surface area contributed by atoms with Gasteiger partial charge in [0.25, 0.3) is 0 Å². The van der Waals surface area contributed by atoms with Gasteiger partial charge in [-0.1, -0.05) is 0 Å². The molecule has 0 bridgehead atoms. The third kappa shape index (κ3) is 7.30. The van der Waals surface area contributed by atoms with Crippen LogP contribution in [0.15, 0.2) is 0 Å². The van der Waals surface area contributed by atoms with Crippen molar-refractivity contribution in [3.63, 3.8) is 0 Å². The molecule has 0 rings (SSSR count). The largest absolute Gasteiger partial charge is 0.450 e. The molecular formula is C7H16N2O3. The summed E-state index contributed by atoms with van der Waals surface area (Å²) in [4.78, 5) is 10.1. The first kappa shape index (κ1) is 11.2. The van der Waals surface area contributed by atoms with E-state index in [1.807, 2.05) is 0 Å². The third-order valence-corrected chi connectivity index (χ3v) is 1.45. The molecule has 0 aromatic rings. The van der Waals surface area contributed by atoms with E-state index in [-0.39, 0.29) is 12.6 Å². The SMILES string of the molecule is NC(=O)OCCCC[C@H](N)CO. The summed E-state index contributed by atoms with van der Waals surface area (Å²) in [5.74, 6) is 0. The molecule has 0 aliphatic carbocycles. The summed E-state index contributed by atoms with van der Waals surface area (Å²) in [5, 5.41) is 8.55. The topological polar surface area (TPSA) is 98.6 Å². The number of ether oxygens (including phenoxy) is 1. The van der Waals surface area contributed by atoms with E-state index in [1.54, 1.807) is 0 Å². The highest BCUT2D eigenvalue weighted by Crippen LogP contribution is 1.98. The monoisotopic (exact) mass is 176 g/mol. The van der Waals surface area contributed by atoms with Crippen molar-refractivity contribution in [3.05, 3.63) is 0 Å². The fourth-order valence-corrected chi connectivity index (χ4v) is 0.773. The second kappa shape index (κ2) is 6.87. The summed E-state index contributed by atoms with van der Waals surface area (Å²) in [6.07, 6.45) is 1.55. The number of hydrogen-bond acceptors (Lipinski definition) is 4. The number of unbranched alkanes of at least 4 members (excludes halogenated alkanes) is 1. The van der Waals surface area contributed by atoms with Crippen LogP contribution in [0.3, 0.4) is 0 Å². The van der Waals surface area contributed by atoms with Crippen LogP contribution in [0.25, 0.3) is 0 Å². The van der Waals surface area contributed by atoms with E-state index in [2.05, 4.69) is 4.74 Å². The van der Waals surface area contributed by atoms with E-state index >= 15 is 0 Å². The van der Waals surface area contributed by atoms with Gasteiger partial charge in [-0.25, -0.2) is 4.79 Å². The van der Waals surface area contributed by atoms with Crippen molar-refractivity contribution in [3.8, 4) is 0 Å². The van der Waals surface area contributed by atoms with Crippen LogP contribution in [0.1, 0.15) is 19.3 Å². The maximum atomic E-state index is 10.1. The van der Waals surface area contributed by atoms with Crippen molar-refractivity contribution in [1.82, 2.24) is 0 Å². The van der Waals surface area contributed by atoms with Crippen molar-refractivity contribution < 1.29 is 14.6 Å². The average Bonchev–Trinajstić information content (AvgIpc) is 2.03. The second-order valence-electron chi connectivity index (χ2n) is 2.61. The molecule has 0 heterocycles. The van der Waals surface area contributed by atoms with E-state index in [4.69, 9.17) is 16.6 Å². The lowest BCUT2D eigenvalue weighted by Gasteiger charge is -2.06. The third-order valence-electron chi connectivity index (χ3n) is 1.45. The molecule has 0 radical (unpaired) electrons. The predicted octanol–water partition coefficient (Wildman–Crippen LogP) is -0.428. The molecule has 0 aliphatic rings. The Hall–Kier alpha value is -0.810. The van der Waals surface area contributed by atoms with Crippen molar-refractivity contribution in [1.29, 1.82) is 0 Å². The van der Waals surface area contributed by atoms with Gasteiger partial charge >= 0.3 is 6.09 Å². The van der Waals surface area contributed by atoms with E-state index in [9.17, 15) is 4.79 Å². The van der Waals surface area contributed by atoms with Gasteiger partial charge in [0.2, 0.25) is 0 Å². The van der Waals surface area contributed by atoms with Gasteiger partial charge in [0, 0.05) is 6.04 Å². The minimum atomic E-state index is -0.749. The second-order valence-corrected chi connectivity index (χ2v) is 2.61. The van der Waals surface area contributed by atoms with E-state index < -0.39 is 6.09 Å². The Kier molecular flexibility index (Phi) is 6.41. The van der Waals surface area contributed by atoms with Gasteiger partial charge in [-0.3, -0.25) is 0 Å². The van der Waals surface area contributed by atoms with Gasteiger partial charge < -0.3 is 21.3 Å². The van der Waals surface area contributed by atoms with Crippen LogP contribution >= 0.6 is 0 Å². The zero-order valence-electron chi connectivity index (χ0n) is 7.03. The van der Waals surface area contributed by atoms with Gasteiger partial charge in [-0.15, -0.1) is 0 Å². The van der Waals surface area contributed by atoms with E-state index in [0.717, 1.165) is 19.3 Å². The fourth-order valence-electron chi connectivity index (χ4n) is 0.773. The minimum absolute atomic E-state index is 0.00330. The molecule has 0 unspecified atom stereocenters. The number of amides is 1. The zero-order chi connectivity index (χ0) is 9.40. The number of hydrogen-bond donors (Lipinski definition) is 3. The molecule has 12 heavy (non-hydrogen) atoms. The van der Waals surface area contributed by atoms with Crippen LogP contribution in [0, 0.1) is 0 Å². The Balaban J connectivity index is 3.05. The lowest BCUT2D eigenvalue weighted by atomic mass is 10.1. The summed E-state index contributed by atoms with van der Waals surface area (Å²) in [6, 6.07) is -0.168. The van der Waals surface area contributed by atoms with Crippen LogP contribution in [0.5, 0.6) is 0 Å². The number of carbonyl (C=O) groups is 1. The summed E-state index contributed by atoms with van der Waals surface area (Å²) >= 11 is 0. The Morgan fingerprint density at radius 1 is 1.50 bits per heavy atom. The van der Waals surface area contributed by atoms with E-state index in [0.29, 0.717) is 6.61 Å². The molecule has 0 saturated carbocycles. The van der Waals surface area contributed by atoms with Gasteiger partial charge in [0.15, 0.2) is 0 Å². The summed E-state index contributed by atoms with van der Waals surface area (Å²) in [6.45, 7) is 0.324. The smallest absolute Gasteiger partial charge is 0.404 e.